The smallest absolute Gasteiger partial charge is 0.309 e. The molecule has 0 aromatic heterocycles. The Morgan fingerprint density at radius 3 is 1.28 bits per heavy atom. The van der Waals surface area contributed by atoms with E-state index in [9.17, 15) is 15.0 Å². The number of aromatic hydroxyl groups is 2. The van der Waals surface area contributed by atoms with Gasteiger partial charge in [-0.15, -0.1) is 23.5 Å². The summed E-state index contributed by atoms with van der Waals surface area (Å²) in [5.74, 6) is 0.975. The molecule has 0 spiro atoms. The van der Waals surface area contributed by atoms with Gasteiger partial charge in [0.2, 0.25) is 0 Å². The van der Waals surface area contributed by atoms with E-state index in [1.807, 2.05) is 49.5 Å². The van der Waals surface area contributed by atoms with E-state index in [0.717, 1.165) is 40.0 Å². The highest BCUT2D eigenvalue weighted by Gasteiger charge is 2.32. The van der Waals surface area contributed by atoms with Crippen LogP contribution in [0.4, 0.5) is 0 Å². The van der Waals surface area contributed by atoms with E-state index in [2.05, 4.69) is 127 Å². The Morgan fingerprint density at radius 2 is 0.962 bits per heavy atom. The number of carboxylic acids is 1. The highest BCUT2D eigenvalue weighted by atomic mass is 32.2. The van der Waals surface area contributed by atoms with Crippen molar-refractivity contribution in [1.29, 1.82) is 0 Å². The number of phenols is 2. The Hall–Kier alpha value is -2.77. The van der Waals surface area contributed by atoms with Gasteiger partial charge in [-0.25, -0.2) is 0 Å². The summed E-state index contributed by atoms with van der Waals surface area (Å²) in [4.78, 5) is 13.3. The van der Waals surface area contributed by atoms with Gasteiger partial charge in [0.05, 0.1) is 16.1 Å². The van der Waals surface area contributed by atoms with Crippen LogP contribution in [-0.2, 0) is 26.5 Å². The first-order valence-corrected chi connectivity index (χ1v) is 20.5. The maximum absolute atomic E-state index is 11.1. The molecule has 53 heavy (non-hydrogen) atoms. The second-order valence-electron chi connectivity index (χ2n) is 19.7. The number of aryl methyl sites for hydroxylation is 2. The van der Waals surface area contributed by atoms with E-state index >= 15 is 0 Å². The van der Waals surface area contributed by atoms with Crippen molar-refractivity contribution in [3.63, 3.8) is 0 Å². The summed E-state index contributed by atoms with van der Waals surface area (Å²) in [7, 11) is 0. The highest BCUT2D eigenvalue weighted by molar-refractivity contribution is 8.18. The Kier molecular flexibility index (Phi) is 14.8. The van der Waals surface area contributed by atoms with Gasteiger partial charge in [0.15, 0.2) is 0 Å². The van der Waals surface area contributed by atoms with Crippen molar-refractivity contribution in [2.75, 3.05) is 6.61 Å². The molecule has 0 aliphatic carbocycles. The second kappa shape index (κ2) is 16.9. The van der Waals surface area contributed by atoms with Crippen LogP contribution in [0.15, 0.2) is 52.3 Å². The third-order valence-electron chi connectivity index (χ3n) is 9.25. The van der Waals surface area contributed by atoms with Crippen LogP contribution in [0, 0.1) is 19.3 Å². The molecule has 3 rings (SSSR count). The van der Waals surface area contributed by atoms with E-state index in [1.165, 1.54) is 15.4 Å². The maximum atomic E-state index is 11.1. The van der Waals surface area contributed by atoms with E-state index in [-0.39, 0.29) is 25.7 Å². The minimum atomic E-state index is -0.755. The summed E-state index contributed by atoms with van der Waals surface area (Å²) in [6.07, 6.45) is 1.36. The summed E-state index contributed by atoms with van der Waals surface area (Å²) in [6.45, 7) is 38.4. The van der Waals surface area contributed by atoms with Crippen molar-refractivity contribution < 1.29 is 24.9 Å². The quantitative estimate of drug-likeness (QED) is 0.108. The lowest BCUT2D eigenvalue weighted by Gasteiger charge is -2.31. The topological polar surface area (TPSA) is 87.0 Å². The number of hydrogen-bond donors (Lipinski definition) is 3. The average molecular weight is 767 g/mol. The minimum absolute atomic E-state index is 0.155. The molecule has 0 saturated heterocycles. The van der Waals surface area contributed by atoms with Gasteiger partial charge in [-0.2, -0.15) is 0 Å². The zero-order valence-corrected chi connectivity index (χ0v) is 37.8. The fourth-order valence-electron chi connectivity index (χ4n) is 5.88. The van der Waals surface area contributed by atoms with Crippen LogP contribution < -0.4 is 4.74 Å². The molecule has 0 atom stereocenters. The van der Waals surface area contributed by atoms with Crippen LogP contribution in [0.2, 0.25) is 0 Å². The van der Waals surface area contributed by atoms with Crippen LogP contribution in [0.3, 0.4) is 0 Å². The first-order valence-electron chi connectivity index (χ1n) is 18.8. The van der Waals surface area contributed by atoms with Crippen LogP contribution in [-0.4, -0.2) is 32.0 Å². The molecule has 0 aliphatic rings. The molecule has 7 heteroatoms. The zero-order valence-electron chi connectivity index (χ0n) is 36.1. The number of thioether (sulfide) groups is 2. The van der Waals surface area contributed by atoms with Crippen LogP contribution in [0.1, 0.15) is 157 Å². The standard InChI is InChI=1S/C31H48O2S2.C15H22O3/c1-27(2,3)21-15-19(16-22(25(21)32)28(4,5)6)34-31(13,14)35-20-17-23(29(7,8)9)26(33)24(18-20)30(10,11)12;1-11-6-7-12(2)13(10-11)18-9-5-8-15(3,4)14(16)17/h15-18,32-33H,1-14H3;6-7,10H,5,8-9H2,1-4H3,(H,16,17). The molecule has 3 aromatic carbocycles. The Morgan fingerprint density at radius 1 is 0.604 bits per heavy atom. The van der Waals surface area contributed by atoms with Crippen LogP contribution in [0.25, 0.3) is 0 Å². The number of benzene rings is 3. The fourth-order valence-corrected chi connectivity index (χ4v) is 8.46. The van der Waals surface area contributed by atoms with Gasteiger partial charge in [0.1, 0.15) is 17.2 Å². The third kappa shape index (κ3) is 13.5. The first-order chi connectivity index (χ1) is 23.8. The summed E-state index contributed by atoms with van der Waals surface area (Å²) in [5.41, 5.74) is 4.94. The minimum Gasteiger partial charge on any atom is -0.507 e. The zero-order chi connectivity index (χ0) is 41.1. The van der Waals surface area contributed by atoms with Gasteiger partial charge < -0.3 is 20.1 Å². The van der Waals surface area contributed by atoms with Crippen molar-refractivity contribution in [3.05, 3.63) is 75.8 Å². The van der Waals surface area contributed by atoms with Crippen molar-refractivity contribution in [1.82, 2.24) is 0 Å². The van der Waals surface area contributed by atoms with Gasteiger partial charge in [0.25, 0.3) is 0 Å². The predicted octanol–water partition coefficient (Wildman–Crippen LogP) is 13.5. The molecule has 0 amide bonds. The van der Waals surface area contributed by atoms with Crippen molar-refractivity contribution >= 4 is 29.5 Å². The maximum Gasteiger partial charge on any atom is 0.309 e. The number of ether oxygens (including phenoxy) is 1. The summed E-state index contributed by atoms with van der Waals surface area (Å²) >= 11 is 3.66. The van der Waals surface area contributed by atoms with Crippen molar-refractivity contribution in [3.8, 4) is 17.2 Å². The van der Waals surface area contributed by atoms with E-state index < -0.39 is 11.4 Å². The number of hydrogen-bond acceptors (Lipinski definition) is 6. The Bertz CT molecular complexity index is 1570. The van der Waals surface area contributed by atoms with Gasteiger partial charge in [-0.3, -0.25) is 4.79 Å². The molecule has 3 N–H and O–H groups in total. The van der Waals surface area contributed by atoms with Crippen LogP contribution >= 0.6 is 23.5 Å². The predicted molar refractivity (Wildman–Crippen MR) is 229 cm³/mol. The number of carboxylic acid groups (broad SMARTS) is 1. The highest BCUT2D eigenvalue weighted by Crippen LogP contribution is 2.51. The van der Waals surface area contributed by atoms with E-state index in [1.54, 1.807) is 13.8 Å². The van der Waals surface area contributed by atoms with E-state index in [4.69, 9.17) is 9.84 Å². The summed E-state index contributed by atoms with van der Waals surface area (Å²) in [6, 6.07) is 14.7. The number of rotatable bonds is 10. The van der Waals surface area contributed by atoms with Crippen molar-refractivity contribution in [2.24, 2.45) is 5.41 Å². The molecule has 0 saturated carbocycles. The normalized spacial score (nSPS) is 13.0. The number of phenolic OH excluding ortho intramolecular Hbond substituents is 2. The lowest BCUT2D eigenvalue weighted by Crippen LogP contribution is -2.24. The molecular formula is C46H70O5S2. The summed E-state index contributed by atoms with van der Waals surface area (Å²) in [5, 5.41) is 31.2. The molecule has 3 aromatic rings. The Balaban J connectivity index is 0.000000453. The van der Waals surface area contributed by atoms with Gasteiger partial charge in [-0.05, 0) is 118 Å². The fraction of sp³-hybridized carbons (Fsp3) is 0.587. The lowest BCUT2D eigenvalue weighted by atomic mass is 9.79. The average Bonchev–Trinajstić information content (AvgIpc) is 2.96. The molecule has 0 heterocycles. The number of aliphatic carboxylic acids is 1. The molecular weight excluding hydrogens is 697 g/mol. The molecule has 5 nitrogen and oxygen atoms in total. The Labute approximate surface area is 331 Å². The summed E-state index contributed by atoms with van der Waals surface area (Å²) < 4.78 is 5.54. The van der Waals surface area contributed by atoms with E-state index in [0.29, 0.717) is 24.5 Å². The second-order valence-corrected chi connectivity index (χ2v) is 23.4. The first kappa shape index (κ1) is 46.4. The molecule has 0 aliphatic heterocycles. The lowest BCUT2D eigenvalue weighted by molar-refractivity contribution is -0.147. The third-order valence-corrected chi connectivity index (χ3v) is 11.7. The molecule has 296 valence electrons. The SMILES string of the molecule is CC(C)(Sc1cc(C(C)(C)C)c(O)c(C(C)(C)C)c1)Sc1cc(C(C)(C)C)c(O)c(C(C)(C)C)c1.Cc1ccc(C)c(OCCCC(C)(C)C(=O)O)c1. The molecule has 0 unspecified atom stereocenters. The van der Waals surface area contributed by atoms with Gasteiger partial charge >= 0.3 is 5.97 Å². The molecule has 0 radical (unpaired) electrons. The van der Waals surface area contributed by atoms with Crippen LogP contribution in [0.5, 0.6) is 17.2 Å². The molecule has 0 fully saturated rings. The van der Waals surface area contributed by atoms with Gasteiger partial charge in [-0.1, -0.05) is 95.2 Å². The number of carbonyl (C=O) groups is 1. The van der Waals surface area contributed by atoms with Gasteiger partial charge in [0, 0.05) is 32.0 Å². The monoisotopic (exact) mass is 766 g/mol. The van der Waals surface area contributed by atoms with Crippen molar-refractivity contribution in [2.45, 2.75) is 173 Å². The largest absolute Gasteiger partial charge is 0.507 e. The molecule has 0 bridgehead atoms.